The normalized spacial score (nSPS) is 17.1. The molecule has 0 radical (unpaired) electrons. The summed E-state index contributed by atoms with van der Waals surface area (Å²) >= 11 is 6.25. The predicted molar refractivity (Wildman–Crippen MR) is 111 cm³/mol. The van der Waals surface area contributed by atoms with E-state index in [4.69, 9.17) is 16.0 Å². The molecule has 0 N–H and O–H groups in total. The molecule has 1 saturated heterocycles. The highest BCUT2D eigenvalue weighted by molar-refractivity contribution is 6.31. The third-order valence-electron chi connectivity index (χ3n) is 5.33. The molecule has 4 rings (SSSR count). The van der Waals surface area contributed by atoms with Crippen molar-refractivity contribution < 1.29 is 9.21 Å². The van der Waals surface area contributed by atoms with Gasteiger partial charge in [0.05, 0.1) is 12.1 Å². The van der Waals surface area contributed by atoms with Crippen LogP contribution in [0.3, 0.4) is 0 Å². The van der Waals surface area contributed by atoms with Crippen molar-refractivity contribution in [3.8, 4) is 0 Å². The molecule has 1 aliphatic rings. The summed E-state index contributed by atoms with van der Waals surface area (Å²) in [7, 11) is 0. The van der Waals surface area contributed by atoms with Gasteiger partial charge in [0.2, 0.25) is 0 Å². The summed E-state index contributed by atoms with van der Waals surface area (Å²) < 4.78 is 7.81. The molecule has 2 aromatic heterocycles. The SMILES string of the molecule is CC(C)n1nccc1C(=O)N1CCC[C@H](c2ncc(Cc3ccccc3Cl)o2)C1. The minimum Gasteiger partial charge on any atom is -0.445 e. The van der Waals surface area contributed by atoms with Crippen molar-refractivity contribution in [2.75, 3.05) is 13.1 Å². The highest BCUT2D eigenvalue weighted by Gasteiger charge is 2.30. The number of carbonyl (C=O) groups is 1. The van der Waals surface area contributed by atoms with Crippen molar-refractivity contribution >= 4 is 17.5 Å². The third-order valence-corrected chi connectivity index (χ3v) is 5.70. The fourth-order valence-electron chi connectivity index (χ4n) is 3.84. The average Bonchev–Trinajstić information content (AvgIpc) is 3.39. The van der Waals surface area contributed by atoms with E-state index in [2.05, 4.69) is 10.1 Å². The van der Waals surface area contributed by atoms with E-state index in [0.717, 1.165) is 35.7 Å². The number of nitrogens with zero attached hydrogens (tertiary/aromatic N) is 4. The molecule has 7 heteroatoms. The zero-order chi connectivity index (χ0) is 20.4. The Kier molecular flexibility index (Phi) is 5.72. The van der Waals surface area contributed by atoms with E-state index >= 15 is 0 Å². The van der Waals surface area contributed by atoms with Gasteiger partial charge < -0.3 is 9.32 Å². The quantitative estimate of drug-likeness (QED) is 0.608. The number of hydrogen-bond acceptors (Lipinski definition) is 4. The zero-order valence-electron chi connectivity index (χ0n) is 16.7. The fourth-order valence-corrected chi connectivity index (χ4v) is 4.05. The summed E-state index contributed by atoms with van der Waals surface area (Å²) in [6.07, 6.45) is 5.94. The van der Waals surface area contributed by atoms with Crippen LogP contribution in [0.5, 0.6) is 0 Å². The molecule has 0 bridgehead atoms. The topological polar surface area (TPSA) is 64.2 Å². The van der Waals surface area contributed by atoms with Crippen molar-refractivity contribution in [1.82, 2.24) is 19.7 Å². The number of benzene rings is 1. The number of rotatable bonds is 5. The van der Waals surface area contributed by atoms with Gasteiger partial charge in [-0.05, 0) is 44.4 Å². The third kappa shape index (κ3) is 4.22. The largest absolute Gasteiger partial charge is 0.445 e. The zero-order valence-corrected chi connectivity index (χ0v) is 17.5. The number of hydrogen-bond donors (Lipinski definition) is 0. The second kappa shape index (κ2) is 8.41. The molecule has 1 fully saturated rings. The van der Waals surface area contributed by atoms with Crippen molar-refractivity contribution in [2.24, 2.45) is 0 Å². The summed E-state index contributed by atoms with van der Waals surface area (Å²) in [6.45, 7) is 5.39. The van der Waals surface area contributed by atoms with Crippen LogP contribution in [0.15, 0.2) is 47.1 Å². The standard InChI is InChI=1S/C22H25ClN4O2/c1-15(2)27-20(9-10-25-27)22(28)26-11-5-7-17(14-26)21-24-13-18(29-21)12-16-6-3-4-8-19(16)23/h3-4,6,8-10,13,15,17H,5,7,11-12,14H2,1-2H3/t17-/m0/s1. The first kappa shape index (κ1) is 19.7. The molecular weight excluding hydrogens is 388 g/mol. The van der Waals surface area contributed by atoms with Gasteiger partial charge in [0, 0.05) is 36.8 Å². The molecule has 0 unspecified atom stereocenters. The second-order valence-corrected chi connectivity index (χ2v) is 8.19. The number of oxazole rings is 1. The number of amides is 1. The number of carbonyl (C=O) groups excluding carboxylic acids is 1. The van der Waals surface area contributed by atoms with Gasteiger partial charge in [0.1, 0.15) is 11.5 Å². The Labute approximate surface area is 175 Å². The maximum Gasteiger partial charge on any atom is 0.272 e. The Morgan fingerprint density at radius 2 is 2.14 bits per heavy atom. The van der Waals surface area contributed by atoms with Crippen LogP contribution in [0.25, 0.3) is 0 Å². The van der Waals surface area contributed by atoms with E-state index < -0.39 is 0 Å². The minimum atomic E-state index is 0.0174. The van der Waals surface area contributed by atoms with Crippen LogP contribution >= 0.6 is 11.6 Å². The Morgan fingerprint density at radius 1 is 1.31 bits per heavy atom. The van der Waals surface area contributed by atoms with Gasteiger partial charge in [-0.15, -0.1) is 0 Å². The summed E-state index contributed by atoms with van der Waals surface area (Å²) in [5, 5.41) is 5.01. The first-order chi connectivity index (χ1) is 14.0. The molecule has 1 aromatic carbocycles. The number of piperidine rings is 1. The average molecular weight is 413 g/mol. The first-order valence-electron chi connectivity index (χ1n) is 10.0. The summed E-state index contributed by atoms with van der Waals surface area (Å²) in [6, 6.07) is 9.67. The van der Waals surface area contributed by atoms with Crippen LogP contribution in [0, 0.1) is 0 Å². The number of aromatic nitrogens is 3. The number of halogens is 1. The summed E-state index contributed by atoms with van der Waals surface area (Å²) in [5.41, 5.74) is 1.65. The van der Waals surface area contributed by atoms with Crippen LogP contribution in [-0.2, 0) is 6.42 Å². The van der Waals surface area contributed by atoms with Crippen molar-refractivity contribution in [2.45, 2.75) is 45.1 Å². The highest BCUT2D eigenvalue weighted by atomic mass is 35.5. The predicted octanol–water partition coefficient (Wildman–Crippen LogP) is 4.72. The lowest BCUT2D eigenvalue weighted by Crippen LogP contribution is -2.40. The van der Waals surface area contributed by atoms with Crippen molar-refractivity contribution in [3.63, 3.8) is 0 Å². The summed E-state index contributed by atoms with van der Waals surface area (Å²) in [4.78, 5) is 19.4. The van der Waals surface area contributed by atoms with E-state index in [9.17, 15) is 4.79 Å². The maximum absolute atomic E-state index is 13.0. The van der Waals surface area contributed by atoms with Gasteiger partial charge in [0.15, 0.2) is 5.89 Å². The van der Waals surface area contributed by atoms with E-state index in [-0.39, 0.29) is 17.9 Å². The van der Waals surface area contributed by atoms with E-state index in [1.165, 1.54) is 0 Å². The molecule has 3 aromatic rings. The Morgan fingerprint density at radius 3 is 2.93 bits per heavy atom. The smallest absolute Gasteiger partial charge is 0.272 e. The molecule has 0 aliphatic carbocycles. The Balaban J connectivity index is 1.46. The van der Waals surface area contributed by atoms with Gasteiger partial charge in [-0.3, -0.25) is 9.48 Å². The molecule has 0 saturated carbocycles. The van der Waals surface area contributed by atoms with E-state index in [1.807, 2.05) is 43.0 Å². The lowest BCUT2D eigenvalue weighted by Gasteiger charge is -2.31. The molecule has 1 aliphatic heterocycles. The molecule has 29 heavy (non-hydrogen) atoms. The first-order valence-corrected chi connectivity index (χ1v) is 10.4. The van der Waals surface area contributed by atoms with Crippen LogP contribution in [0.4, 0.5) is 0 Å². The molecular formula is C22H25ClN4O2. The van der Waals surface area contributed by atoms with E-state index in [1.54, 1.807) is 23.1 Å². The van der Waals surface area contributed by atoms with Crippen LogP contribution in [0.2, 0.25) is 5.02 Å². The van der Waals surface area contributed by atoms with Crippen molar-refractivity contribution in [3.05, 3.63) is 70.7 Å². The van der Waals surface area contributed by atoms with Gasteiger partial charge in [-0.25, -0.2) is 4.98 Å². The second-order valence-electron chi connectivity index (χ2n) is 7.78. The van der Waals surface area contributed by atoms with Gasteiger partial charge in [-0.2, -0.15) is 5.10 Å². The van der Waals surface area contributed by atoms with E-state index in [0.29, 0.717) is 24.6 Å². The Hall–Kier alpha value is -2.60. The molecule has 152 valence electrons. The monoisotopic (exact) mass is 412 g/mol. The lowest BCUT2D eigenvalue weighted by atomic mass is 9.97. The highest BCUT2D eigenvalue weighted by Crippen LogP contribution is 2.29. The Bertz CT molecular complexity index is 994. The van der Waals surface area contributed by atoms with Crippen LogP contribution in [-0.4, -0.2) is 38.7 Å². The minimum absolute atomic E-state index is 0.0174. The molecule has 1 atom stereocenters. The molecule has 3 heterocycles. The maximum atomic E-state index is 13.0. The summed E-state index contributed by atoms with van der Waals surface area (Å²) in [5.74, 6) is 1.60. The fraction of sp³-hybridized carbons (Fsp3) is 0.409. The lowest BCUT2D eigenvalue weighted by molar-refractivity contribution is 0.0683. The van der Waals surface area contributed by atoms with Crippen molar-refractivity contribution in [1.29, 1.82) is 0 Å². The molecule has 1 amide bonds. The molecule has 6 nitrogen and oxygen atoms in total. The number of likely N-dealkylation sites (tertiary alicyclic amines) is 1. The van der Waals surface area contributed by atoms with Gasteiger partial charge in [-0.1, -0.05) is 29.8 Å². The van der Waals surface area contributed by atoms with Crippen LogP contribution < -0.4 is 0 Å². The van der Waals surface area contributed by atoms with Gasteiger partial charge >= 0.3 is 0 Å². The van der Waals surface area contributed by atoms with Gasteiger partial charge in [0.25, 0.3) is 5.91 Å². The molecule has 0 spiro atoms. The van der Waals surface area contributed by atoms with Crippen LogP contribution in [0.1, 0.15) is 66.4 Å².